The van der Waals surface area contributed by atoms with Crippen molar-refractivity contribution in [3.05, 3.63) is 47.5 Å². The van der Waals surface area contributed by atoms with Gasteiger partial charge in [0.05, 0.1) is 12.0 Å². The molecule has 0 radical (unpaired) electrons. The number of alkyl halides is 6. The SMILES string of the molecule is C=C(CC(=O)OCC(Cl)(Cl)Cl)C(=O)OC(C)c1ccc(C(F)(F)F)cc1. The number of halogens is 6. The number of rotatable bonds is 6. The van der Waals surface area contributed by atoms with Gasteiger partial charge in [-0.05, 0) is 24.6 Å². The summed E-state index contributed by atoms with van der Waals surface area (Å²) >= 11 is 16.3. The third-order valence-corrected chi connectivity index (χ3v) is 3.36. The van der Waals surface area contributed by atoms with Gasteiger partial charge < -0.3 is 9.47 Å². The quantitative estimate of drug-likeness (QED) is 0.353. The summed E-state index contributed by atoms with van der Waals surface area (Å²) in [6, 6.07) is 4.14. The van der Waals surface area contributed by atoms with Gasteiger partial charge in [0.2, 0.25) is 3.79 Å². The highest BCUT2D eigenvalue weighted by Gasteiger charge is 2.30. The van der Waals surface area contributed by atoms with Crippen molar-refractivity contribution in [2.75, 3.05) is 6.61 Å². The van der Waals surface area contributed by atoms with E-state index in [1.165, 1.54) is 19.1 Å². The summed E-state index contributed by atoms with van der Waals surface area (Å²) in [7, 11) is 0. The van der Waals surface area contributed by atoms with Gasteiger partial charge in [-0.1, -0.05) is 53.5 Å². The standard InChI is InChI=1S/C16H14Cl3F3O4/c1-9(7-13(23)25-8-15(17,18)19)14(24)26-10(2)11-3-5-12(6-4-11)16(20,21)22/h3-6,10H,1,7-8H2,2H3. The molecule has 0 spiro atoms. The fourth-order valence-corrected chi connectivity index (χ4v) is 1.88. The fourth-order valence-electron chi connectivity index (χ4n) is 1.71. The Labute approximate surface area is 162 Å². The molecule has 0 bridgehead atoms. The molecule has 0 aliphatic carbocycles. The van der Waals surface area contributed by atoms with Gasteiger partial charge in [0.25, 0.3) is 0 Å². The van der Waals surface area contributed by atoms with Gasteiger partial charge in [-0.2, -0.15) is 13.2 Å². The lowest BCUT2D eigenvalue weighted by molar-refractivity contribution is -0.148. The van der Waals surface area contributed by atoms with Crippen LogP contribution in [0, 0.1) is 0 Å². The maximum absolute atomic E-state index is 12.5. The fraction of sp³-hybridized carbons (Fsp3) is 0.375. The Kier molecular flexibility index (Phi) is 7.80. The van der Waals surface area contributed by atoms with Crippen LogP contribution in [-0.2, 0) is 25.2 Å². The molecule has 4 nitrogen and oxygen atoms in total. The van der Waals surface area contributed by atoms with Crippen LogP contribution in [-0.4, -0.2) is 22.3 Å². The molecule has 0 aromatic heterocycles. The number of benzene rings is 1. The molecule has 1 aromatic carbocycles. The zero-order valence-corrected chi connectivity index (χ0v) is 15.7. The molecule has 0 fully saturated rings. The Morgan fingerprint density at radius 3 is 2.15 bits per heavy atom. The molecule has 1 aromatic rings. The average Bonchev–Trinajstić information content (AvgIpc) is 2.51. The van der Waals surface area contributed by atoms with Gasteiger partial charge in [0.15, 0.2) is 0 Å². The lowest BCUT2D eigenvalue weighted by atomic mass is 10.1. The summed E-state index contributed by atoms with van der Waals surface area (Å²) in [5, 5.41) is 0. The molecule has 0 N–H and O–H groups in total. The summed E-state index contributed by atoms with van der Waals surface area (Å²) in [5.74, 6) is -1.75. The minimum Gasteiger partial charge on any atom is -0.461 e. The second-order valence-corrected chi connectivity index (χ2v) is 7.74. The van der Waals surface area contributed by atoms with Gasteiger partial charge in [0.1, 0.15) is 12.7 Å². The first kappa shape index (κ1) is 22.6. The molecule has 1 atom stereocenters. The molecule has 0 amide bonds. The first-order chi connectivity index (χ1) is 11.8. The van der Waals surface area contributed by atoms with E-state index >= 15 is 0 Å². The highest BCUT2D eigenvalue weighted by atomic mass is 35.6. The van der Waals surface area contributed by atoms with Gasteiger partial charge >= 0.3 is 18.1 Å². The largest absolute Gasteiger partial charge is 0.461 e. The van der Waals surface area contributed by atoms with E-state index in [-0.39, 0.29) is 5.57 Å². The molecule has 0 aliphatic heterocycles. The van der Waals surface area contributed by atoms with Crippen LogP contribution in [0.15, 0.2) is 36.4 Å². The maximum Gasteiger partial charge on any atom is 0.416 e. The smallest absolute Gasteiger partial charge is 0.416 e. The zero-order chi connectivity index (χ0) is 20.1. The molecule has 0 aliphatic rings. The Hall–Kier alpha value is -1.44. The van der Waals surface area contributed by atoms with Crippen LogP contribution >= 0.6 is 34.8 Å². The highest BCUT2D eigenvalue weighted by molar-refractivity contribution is 6.67. The van der Waals surface area contributed by atoms with E-state index in [0.717, 1.165) is 12.1 Å². The second-order valence-electron chi connectivity index (χ2n) is 5.22. The van der Waals surface area contributed by atoms with E-state index in [4.69, 9.17) is 39.5 Å². The number of esters is 2. The first-order valence-corrected chi connectivity index (χ1v) is 8.21. The maximum atomic E-state index is 12.5. The molecular formula is C16H14Cl3F3O4. The number of carbonyl (C=O) groups excluding carboxylic acids is 2. The van der Waals surface area contributed by atoms with Crippen LogP contribution in [0.2, 0.25) is 0 Å². The Balaban J connectivity index is 2.58. The molecule has 144 valence electrons. The minimum absolute atomic E-state index is 0.210. The van der Waals surface area contributed by atoms with Crippen molar-refractivity contribution in [2.24, 2.45) is 0 Å². The molecule has 1 unspecified atom stereocenters. The Morgan fingerprint density at radius 1 is 1.15 bits per heavy atom. The van der Waals surface area contributed by atoms with E-state index in [1.54, 1.807) is 0 Å². The van der Waals surface area contributed by atoms with Crippen LogP contribution in [0.1, 0.15) is 30.6 Å². The third kappa shape index (κ3) is 7.85. The van der Waals surface area contributed by atoms with Crippen molar-refractivity contribution in [1.82, 2.24) is 0 Å². The summed E-state index contributed by atoms with van der Waals surface area (Å²) in [5.41, 5.74) is -0.683. The van der Waals surface area contributed by atoms with Crippen LogP contribution < -0.4 is 0 Å². The molecule has 0 heterocycles. The van der Waals surface area contributed by atoms with Crippen molar-refractivity contribution in [1.29, 1.82) is 0 Å². The van der Waals surface area contributed by atoms with Crippen molar-refractivity contribution < 1.29 is 32.2 Å². The summed E-state index contributed by atoms with van der Waals surface area (Å²) < 4.78 is 45.5. The van der Waals surface area contributed by atoms with E-state index in [1.807, 2.05) is 0 Å². The van der Waals surface area contributed by atoms with Crippen molar-refractivity contribution in [3.8, 4) is 0 Å². The number of hydrogen-bond donors (Lipinski definition) is 0. The van der Waals surface area contributed by atoms with E-state index in [9.17, 15) is 22.8 Å². The molecule has 0 saturated carbocycles. The van der Waals surface area contributed by atoms with E-state index in [0.29, 0.717) is 5.56 Å². The van der Waals surface area contributed by atoms with E-state index < -0.39 is 46.6 Å². The lowest BCUT2D eigenvalue weighted by Crippen LogP contribution is -2.19. The van der Waals surface area contributed by atoms with Crippen LogP contribution in [0.3, 0.4) is 0 Å². The monoisotopic (exact) mass is 432 g/mol. The molecular weight excluding hydrogens is 420 g/mol. The highest BCUT2D eigenvalue weighted by Crippen LogP contribution is 2.30. The topological polar surface area (TPSA) is 52.6 Å². The number of carbonyl (C=O) groups is 2. The number of hydrogen-bond acceptors (Lipinski definition) is 4. The average molecular weight is 434 g/mol. The van der Waals surface area contributed by atoms with E-state index in [2.05, 4.69) is 11.3 Å². The van der Waals surface area contributed by atoms with Crippen molar-refractivity contribution in [2.45, 2.75) is 29.4 Å². The van der Waals surface area contributed by atoms with Gasteiger partial charge in [-0.25, -0.2) is 4.79 Å². The third-order valence-electron chi connectivity index (χ3n) is 3.03. The predicted octanol–water partition coefficient (Wildman–Crippen LogP) is 5.17. The van der Waals surface area contributed by atoms with Gasteiger partial charge in [-0.3, -0.25) is 4.79 Å². The van der Waals surface area contributed by atoms with Gasteiger partial charge in [-0.15, -0.1) is 0 Å². The van der Waals surface area contributed by atoms with Gasteiger partial charge in [0, 0.05) is 5.57 Å². The Bertz CT molecular complexity index is 667. The summed E-state index contributed by atoms with van der Waals surface area (Å²) in [4.78, 5) is 23.4. The predicted molar refractivity (Wildman–Crippen MR) is 91.0 cm³/mol. The van der Waals surface area contributed by atoms with Crippen LogP contribution in [0.5, 0.6) is 0 Å². The lowest BCUT2D eigenvalue weighted by Gasteiger charge is -2.16. The first-order valence-electron chi connectivity index (χ1n) is 7.08. The summed E-state index contributed by atoms with van der Waals surface area (Å²) in [6.45, 7) is 4.38. The molecule has 10 heteroatoms. The number of ether oxygens (including phenoxy) is 2. The summed E-state index contributed by atoms with van der Waals surface area (Å²) in [6.07, 6.45) is -5.79. The minimum atomic E-state index is -4.46. The normalized spacial score (nSPS) is 13.0. The van der Waals surface area contributed by atoms with Crippen LogP contribution in [0.4, 0.5) is 13.2 Å². The van der Waals surface area contributed by atoms with Crippen LogP contribution in [0.25, 0.3) is 0 Å². The molecule has 26 heavy (non-hydrogen) atoms. The van der Waals surface area contributed by atoms with Crippen molar-refractivity contribution in [3.63, 3.8) is 0 Å². The Morgan fingerprint density at radius 2 is 1.69 bits per heavy atom. The molecule has 0 saturated heterocycles. The second kappa shape index (κ2) is 8.97. The molecule has 1 rings (SSSR count). The zero-order valence-electron chi connectivity index (χ0n) is 13.4. The van der Waals surface area contributed by atoms with Crippen molar-refractivity contribution >= 4 is 46.7 Å².